The zero-order valence-electron chi connectivity index (χ0n) is 13.0. The second-order valence-corrected chi connectivity index (χ2v) is 10.4. The Hall–Kier alpha value is 0.620. The molecule has 2 N–H and O–H groups in total. The molecule has 19 heavy (non-hydrogen) atoms. The highest BCUT2D eigenvalue weighted by atomic mass is 32.2. The van der Waals surface area contributed by atoms with Gasteiger partial charge in [-0.2, -0.15) is 23.5 Å². The Balaban J connectivity index is 2.12. The minimum atomic E-state index is 0.243. The van der Waals surface area contributed by atoms with Gasteiger partial charge < -0.3 is 5.73 Å². The van der Waals surface area contributed by atoms with Gasteiger partial charge in [0.15, 0.2) is 0 Å². The van der Waals surface area contributed by atoms with Gasteiger partial charge in [-0.3, -0.25) is 4.90 Å². The van der Waals surface area contributed by atoms with Crippen LogP contribution in [0.4, 0.5) is 0 Å². The first kappa shape index (κ1) is 16.0. The number of hydrogen-bond donors (Lipinski definition) is 1. The van der Waals surface area contributed by atoms with Crippen molar-refractivity contribution in [2.45, 2.75) is 50.8 Å². The smallest absolute Gasteiger partial charge is 0.0427 e. The minimum Gasteiger partial charge on any atom is -0.329 e. The molecule has 0 radical (unpaired) electrons. The zero-order chi connectivity index (χ0) is 14.1. The first-order chi connectivity index (χ1) is 8.79. The van der Waals surface area contributed by atoms with Gasteiger partial charge in [-0.1, -0.05) is 27.7 Å². The first-order valence-corrected chi connectivity index (χ1v) is 9.60. The zero-order valence-corrected chi connectivity index (χ0v) is 14.6. The molecule has 0 aromatic heterocycles. The monoisotopic (exact) mass is 302 g/mol. The third-order valence-electron chi connectivity index (χ3n) is 4.56. The summed E-state index contributed by atoms with van der Waals surface area (Å²) in [6, 6.07) is 0. The highest BCUT2D eigenvalue weighted by Gasteiger charge is 2.44. The van der Waals surface area contributed by atoms with Crippen LogP contribution in [0, 0.1) is 5.41 Å². The molecular formula is C15H30N2S2. The summed E-state index contributed by atoms with van der Waals surface area (Å²) in [5, 5.41) is 0. The molecule has 2 rings (SSSR count). The van der Waals surface area contributed by atoms with Crippen molar-refractivity contribution in [3.8, 4) is 0 Å². The summed E-state index contributed by atoms with van der Waals surface area (Å²) in [5.41, 5.74) is 6.92. The Bertz CT molecular complexity index is 317. The Kier molecular flexibility index (Phi) is 4.87. The number of nitrogens with zero attached hydrogens (tertiary/aromatic N) is 1. The van der Waals surface area contributed by atoms with Crippen LogP contribution in [0.25, 0.3) is 0 Å². The molecule has 0 aromatic carbocycles. The molecule has 0 bridgehead atoms. The SMILES string of the molecule is CC1(C)CSCC(CN)(N2CCSC(C)(C)CC2)C1. The topological polar surface area (TPSA) is 29.3 Å². The quantitative estimate of drug-likeness (QED) is 0.849. The molecule has 2 aliphatic heterocycles. The van der Waals surface area contributed by atoms with E-state index in [-0.39, 0.29) is 5.54 Å². The van der Waals surface area contributed by atoms with Crippen LogP contribution in [0.15, 0.2) is 0 Å². The van der Waals surface area contributed by atoms with Crippen LogP contribution >= 0.6 is 23.5 Å². The van der Waals surface area contributed by atoms with E-state index >= 15 is 0 Å². The molecule has 2 aliphatic rings. The van der Waals surface area contributed by atoms with E-state index in [0.717, 1.165) is 6.54 Å². The lowest BCUT2D eigenvalue weighted by molar-refractivity contribution is 0.0733. The van der Waals surface area contributed by atoms with Gasteiger partial charge in [0.2, 0.25) is 0 Å². The van der Waals surface area contributed by atoms with Crippen LogP contribution in [0.3, 0.4) is 0 Å². The minimum absolute atomic E-state index is 0.243. The maximum Gasteiger partial charge on any atom is 0.0427 e. The predicted octanol–water partition coefficient (Wildman–Crippen LogP) is 3.06. The third-order valence-corrected chi connectivity index (χ3v) is 7.66. The lowest BCUT2D eigenvalue weighted by atomic mass is 9.78. The van der Waals surface area contributed by atoms with Crippen molar-refractivity contribution in [3.63, 3.8) is 0 Å². The Morgan fingerprint density at radius 1 is 1.11 bits per heavy atom. The van der Waals surface area contributed by atoms with Crippen molar-refractivity contribution < 1.29 is 0 Å². The fraction of sp³-hybridized carbons (Fsp3) is 1.00. The summed E-state index contributed by atoms with van der Waals surface area (Å²) in [5.74, 6) is 3.75. The van der Waals surface area contributed by atoms with E-state index in [1.54, 1.807) is 0 Å². The van der Waals surface area contributed by atoms with Gasteiger partial charge in [-0.25, -0.2) is 0 Å². The lowest BCUT2D eigenvalue weighted by Crippen LogP contribution is -2.60. The molecule has 0 spiro atoms. The van der Waals surface area contributed by atoms with E-state index in [9.17, 15) is 0 Å². The Labute approximate surface area is 127 Å². The van der Waals surface area contributed by atoms with Crippen molar-refractivity contribution in [2.24, 2.45) is 11.1 Å². The molecule has 0 amide bonds. The summed E-state index contributed by atoms with van der Waals surface area (Å²) < 4.78 is 0.432. The Morgan fingerprint density at radius 3 is 2.47 bits per heavy atom. The van der Waals surface area contributed by atoms with E-state index in [0.29, 0.717) is 10.2 Å². The highest BCUT2D eigenvalue weighted by Crippen LogP contribution is 2.43. The molecule has 2 heterocycles. The van der Waals surface area contributed by atoms with Crippen LogP contribution in [0.5, 0.6) is 0 Å². The summed E-state index contributed by atoms with van der Waals surface area (Å²) in [6.07, 6.45) is 2.54. The molecular weight excluding hydrogens is 272 g/mol. The number of nitrogens with two attached hydrogens (primary N) is 1. The predicted molar refractivity (Wildman–Crippen MR) is 90.2 cm³/mol. The van der Waals surface area contributed by atoms with Crippen molar-refractivity contribution >= 4 is 23.5 Å². The van der Waals surface area contributed by atoms with Gasteiger partial charge in [0.05, 0.1) is 0 Å². The van der Waals surface area contributed by atoms with Crippen LogP contribution in [0.2, 0.25) is 0 Å². The molecule has 2 fully saturated rings. The molecule has 0 aliphatic carbocycles. The van der Waals surface area contributed by atoms with Gasteiger partial charge >= 0.3 is 0 Å². The van der Waals surface area contributed by atoms with Gasteiger partial charge in [0.1, 0.15) is 0 Å². The van der Waals surface area contributed by atoms with E-state index in [1.807, 2.05) is 0 Å². The van der Waals surface area contributed by atoms with Gasteiger partial charge in [-0.05, 0) is 24.0 Å². The third kappa shape index (κ3) is 3.84. The van der Waals surface area contributed by atoms with Gasteiger partial charge in [-0.15, -0.1) is 0 Å². The van der Waals surface area contributed by atoms with Crippen molar-refractivity contribution in [1.29, 1.82) is 0 Å². The van der Waals surface area contributed by atoms with E-state index in [2.05, 4.69) is 56.1 Å². The molecule has 1 atom stereocenters. The van der Waals surface area contributed by atoms with E-state index < -0.39 is 0 Å². The molecule has 2 saturated heterocycles. The second kappa shape index (κ2) is 5.78. The molecule has 2 nitrogen and oxygen atoms in total. The van der Waals surface area contributed by atoms with Crippen LogP contribution < -0.4 is 5.73 Å². The molecule has 4 heteroatoms. The molecule has 1 unspecified atom stereocenters. The maximum absolute atomic E-state index is 6.25. The van der Waals surface area contributed by atoms with E-state index in [1.165, 1.54) is 43.2 Å². The van der Waals surface area contributed by atoms with Crippen LogP contribution in [0.1, 0.15) is 40.5 Å². The van der Waals surface area contributed by atoms with Crippen LogP contribution in [-0.2, 0) is 0 Å². The largest absolute Gasteiger partial charge is 0.329 e. The van der Waals surface area contributed by atoms with Gasteiger partial charge in [0.25, 0.3) is 0 Å². The maximum atomic E-state index is 6.25. The fourth-order valence-electron chi connectivity index (χ4n) is 3.47. The Morgan fingerprint density at radius 2 is 1.84 bits per heavy atom. The lowest BCUT2D eigenvalue weighted by Gasteiger charge is -2.50. The summed E-state index contributed by atoms with van der Waals surface area (Å²) in [6.45, 7) is 12.8. The number of hydrogen-bond acceptors (Lipinski definition) is 4. The molecule has 112 valence electrons. The average Bonchev–Trinajstić information content (AvgIpc) is 2.49. The van der Waals surface area contributed by atoms with Crippen molar-refractivity contribution in [1.82, 2.24) is 4.90 Å². The average molecular weight is 303 g/mol. The summed E-state index contributed by atoms with van der Waals surface area (Å²) >= 11 is 4.23. The normalized spacial score (nSPS) is 35.8. The van der Waals surface area contributed by atoms with Gasteiger partial charge in [0, 0.05) is 41.4 Å². The highest BCUT2D eigenvalue weighted by molar-refractivity contribution is 8.00. The van der Waals surface area contributed by atoms with E-state index in [4.69, 9.17) is 5.73 Å². The summed E-state index contributed by atoms with van der Waals surface area (Å²) in [4.78, 5) is 2.72. The molecule has 0 saturated carbocycles. The van der Waals surface area contributed by atoms with Crippen molar-refractivity contribution in [2.75, 3.05) is 36.9 Å². The number of rotatable bonds is 2. The second-order valence-electron chi connectivity index (χ2n) is 7.61. The standard InChI is InChI=1S/C15H30N2S2/c1-13(2)9-15(10-16,12-18-11-13)17-6-5-14(3,4)19-8-7-17/h5-12,16H2,1-4H3. The number of thioether (sulfide) groups is 2. The summed E-state index contributed by atoms with van der Waals surface area (Å²) in [7, 11) is 0. The fourth-order valence-corrected chi connectivity index (χ4v) is 6.11. The first-order valence-electron chi connectivity index (χ1n) is 7.46. The van der Waals surface area contributed by atoms with Crippen molar-refractivity contribution in [3.05, 3.63) is 0 Å². The molecule has 0 aromatic rings. The van der Waals surface area contributed by atoms with Crippen LogP contribution in [-0.4, -0.2) is 52.1 Å².